The fourth-order valence-electron chi connectivity index (χ4n) is 6.51. The fraction of sp³-hybridized carbons (Fsp3) is 0.973. The highest BCUT2D eigenvalue weighted by atomic mass is 31.2. The first-order valence-corrected chi connectivity index (χ1v) is 20.9. The molecule has 0 fully saturated rings. The number of carbonyl (C=O) groups is 1. The van der Waals surface area contributed by atoms with Crippen molar-refractivity contribution < 1.29 is 9.36 Å². The third kappa shape index (κ3) is 22.0. The molecule has 0 heterocycles. The number of carbonyl (C=O) groups excluding carboxylic acids is 1. The van der Waals surface area contributed by atoms with E-state index in [1.165, 1.54) is 122 Å². The Morgan fingerprint density at radius 1 is 0.512 bits per heavy atom. The van der Waals surface area contributed by atoms with Crippen LogP contribution in [0.25, 0.3) is 0 Å². The zero-order chi connectivity index (χ0) is 30.6. The van der Waals surface area contributed by atoms with Gasteiger partial charge in [-0.1, -0.05) is 183 Å². The van der Waals surface area contributed by atoms with E-state index in [2.05, 4.69) is 46.9 Å². The molecule has 0 saturated carbocycles. The molecule has 0 spiro atoms. The molecule has 0 bridgehead atoms. The summed E-state index contributed by atoms with van der Waals surface area (Å²) in [6.45, 7) is 13.4. The Kier molecular flexibility index (Phi) is 28.3. The molecule has 0 aliphatic rings. The van der Waals surface area contributed by atoms with E-state index in [0.717, 1.165) is 44.4 Å². The minimum Gasteiger partial charge on any atom is -0.346 e. The number of hydrogen-bond acceptors (Lipinski definition) is 2. The SMILES string of the molecule is CCCCCCCCCCCCCCCCCC(=O)NC(CC)P(=O)(CC(CC)CCCC)CC(CC)CCCC. The summed E-state index contributed by atoms with van der Waals surface area (Å²) in [6, 6.07) is 0. The van der Waals surface area contributed by atoms with Gasteiger partial charge in [-0.3, -0.25) is 4.79 Å². The van der Waals surface area contributed by atoms with Gasteiger partial charge in [0.05, 0.1) is 5.78 Å². The summed E-state index contributed by atoms with van der Waals surface area (Å²) in [5, 5.41) is 3.33. The Bertz CT molecular complexity index is 600. The average molecular weight is 598 g/mol. The first-order chi connectivity index (χ1) is 19.9. The summed E-state index contributed by atoms with van der Waals surface area (Å²) in [4.78, 5) is 13.0. The maximum Gasteiger partial charge on any atom is 0.220 e. The molecule has 3 unspecified atom stereocenters. The van der Waals surface area contributed by atoms with E-state index in [0.29, 0.717) is 18.3 Å². The molecule has 41 heavy (non-hydrogen) atoms. The highest BCUT2D eigenvalue weighted by molar-refractivity contribution is 7.64. The second-order valence-electron chi connectivity index (χ2n) is 13.3. The lowest BCUT2D eigenvalue weighted by molar-refractivity contribution is -0.121. The largest absolute Gasteiger partial charge is 0.346 e. The van der Waals surface area contributed by atoms with Gasteiger partial charge >= 0.3 is 0 Å². The second kappa shape index (κ2) is 28.5. The van der Waals surface area contributed by atoms with E-state index in [1.807, 2.05) is 0 Å². The third-order valence-corrected chi connectivity index (χ3v) is 13.4. The molecule has 1 N–H and O–H groups in total. The highest BCUT2D eigenvalue weighted by Crippen LogP contribution is 2.55. The zero-order valence-corrected chi connectivity index (χ0v) is 30.0. The molecule has 3 nitrogen and oxygen atoms in total. The van der Waals surface area contributed by atoms with E-state index in [4.69, 9.17) is 0 Å². The van der Waals surface area contributed by atoms with Crippen LogP contribution in [0.3, 0.4) is 0 Å². The number of rotatable bonds is 31. The number of hydrogen-bond donors (Lipinski definition) is 1. The maximum absolute atomic E-state index is 14.7. The van der Waals surface area contributed by atoms with Crippen molar-refractivity contribution in [3.8, 4) is 0 Å². The number of unbranched alkanes of at least 4 members (excludes halogenated alkanes) is 16. The zero-order valence-electron chi connectivity index (χ0n) is 29.1. The van der Waals surface area contributed by atoms with Crippen molar-refractivity contribution in [3.63, 3.8) is 0 Å². The first-order valence-electron chi connectivity index (χ1n) is 18.8. The van der Waals surface area contributed by atoms with Crippen LogP contribution in [0.4, 0.5) is 0 Å². The molecule has 0 aromatic carbocycles. The highest BCUT2D eigenvalue weighted by Gasteiger charge is 2.36. The average Bonchev–Trinajstić information content (AvgIpc) is 2.97. The predicted molar refractivity (Wildman–Crippen MR) is 186 cm³/mol. The lowest BCUT2D eigenvalue weighted by Gasteiger charge is -2.33. The summed E-state index contributed by atoms with van der Waals surface area (Å²) < 4.78 is 14.7. The molecule has 0 aliphatic heterocycles. The first kappa shape index (κ1) is 40.7. The molecule has 1 amide bonds. The summed E-state index contributed by atoms with van der Waals surface area (Å²) in [7, 11) is -2.52. The van der Waals surface area contributed by atoms with Gasteiger partial charge in [-0.2, -0.15) is 0 Å². The maximum atomic E-state index is 14.7. The van der Waals surface area contributed by atoms with E-state index in [1.54, 1.807) is 0 Å². The van der Waals surface area contributed by atoms with Gasteiger partial charge in [0.25, 0.3) is 0 Å². The van der Waals surface area contributed by atoms with Gasteiger partial charge in [-0.05, 0) is 24.7 Å². The Hall–Kier alpha value is -0.300. The molecule has 0 aliphatic carbocycles. The van der Waals surface area contributed by atoms with Crippen LogP contribution in [-0.2, 0) is 9.36 Å². The fourth-order valence-corrected chi connectivity index (χ4v) is 10.8. The third-order valence-electron chi connectivity index (χ3n) is 9.51. The molecular formula is C37H76NO2P. The minimum atomic E-state index is -2.52. The van der Waals surface area contributed by atoms with E-state index < -0.39 is 7.14 Å². The molecular weight excluding hydrogens is 521 g/mol. The smallest absolute Gasteiger partial charge is 0.220 e. The van der Waals surface area contributed by atoms with Crippen LogP contribution >= 0.6 is 7.14 Å². The standard InChI is InChI=1S/C37H76NO2P/c1-7-13-16-17-18-19-20-21-22-23-24-25-26-27-28-31-36(39)38-37(12-6)41(40,32-34(10-4)29-14-8-2)33-35(11-5)30-15-9-3/h34-35,37H,7-33H2,1-6H3,(H,38,39). The molecule has 246 valence electrons. The monoisotopic (exact) mass is 598 g/mol. The van der Waals surface area contributed by atoms with Gasteiger partial charge in [-0.15, -0.1) is 0 Å². The summed E-state index contributed by atoms with van der Waals surface area (Å²) >= 11 is 0. The molecule has 0 aromatic heterocycles. The number of nitrogens with one attached hydrogen (secondary N) is 1. The topological polar surface area (TPSA) is 46.2 Å². The van der Waals surface area contributed by atoms with Gasteiger partial charge in [0.2, 0.25) is 5.91 Å². The number of amides is 1. The normalized spacial score (nSPS) is 15.4. The molecule has 0 radical (unpaired) electrons. The van der Waals surface area contributed by atoms with Gasteiger partial charge in [-0.25, -0.2) is 0 Å². The van der Waals surface area contributed by atoms with E-state index in [-0.39, 0.29) is 11.7 Å². The van der Waals surface area contributed by atoms with Crippen LogP contribution < -0.4 is 5.32 Å². The lowest BCUT2D eigenvalue weighted by atomic mass is 10.0. The quantitative estimate of drug-likeness (QED) is 0.0638. The van der Waals surface area contributed by atoms with Crippen molar-refractivity contribution >= 4 is 13.0 Å². The van der Waals surface area contributed by atoms with E-state index >= 15 is 0 Å². The molecule has 4 heteroatoms. The van der Waals surface area contributed by atoms with Crippen molar-refractivity contribution in [2.24, 2.45) is 11.8 Å². The van der Waals surface area contributed by atoms with Crippen molar-refractivity contribution in [1.29, 1.82) is 0 Å². The molecule has 0 saturated heterocycles. The van der Waals surface area contributed by atoms with Crippen LogP contribution in [0.2, 0.25) is 0 Å². The van der Waals surface area contributed by atoms with Crippen molar-refractivity contribution in [1.82, 2.24) is 5.32 Å². The van der Waals surface area contributed by atoms with Crippen molar-refractivity contribution in [3.05, 3.63) is 0 Å². The Morgan fingerprint density at radius 2 is 0.878 bits per heavy atom. The predicted octanol–water partition coefficient (Wildman–Crippen LogP) is 12.9. The van der Waals surface area contributed by atoms with Gasteiger partial charge in [0.15, 0.2) is 0 Å². The minimum absolute atomic E-state index is 0.134. The lowest BCUT2D eigenvalue weighted by Crippen LogP contribution is -2.37. The summed E-state index contributed by atoms with van der Waals surface area (Å²) in [6.07, 6.45) is 32.4. The van der Waals surface area contributed by atoms with Crippen LogP contribution in [0, 0.1) is 11.8 Å². The summed E-state index contributed by atoms with van der Waals surface area (Å²) in [5.41, 5.74) is 0. The molecule has 0 aromatic rings. The van der Waals surface area contributed by atoms with Gasteiger partial charge in [0.1, 0.15) is 7.14 Å². The van der Waals surface area contributed by atoms with Crippen LogP contribution in [0.5, 0.6) is 0 Å². The van der Waals surface area contributed by atoms with Crippen molar-refractivity contribution in [2.45, 2.75) is 208 Å². The molecule has 3 atom stereocenters. The van der Waals surface area contributed by atoms with Gasteiger partial charge < -0.3 is 9.88 Å². The Balaban J connectivity index is 4.51. The van der Waals surface area contributed by atoms with Crippen LogP contribution in [0.1, 0.15) is 202 Å². The molecule has 0 rings (SSSR count). The van der Waals surface area contributed by atoms with Crippen molar-refractivity contribution in [2.75, 3.05) is 12.3 Å². The Morgan fingerprint density at radius 3 is 1.22 bits per heavy atom. The van der Waals surface area contributed by atoms with Crippen LogP contribution in [0.15, 0.2) is 0 Å². The van der Waals surface area contributed by atoms with Crippen LogP contribution in [-0.4, -0.2) is 24.0 Å². The summed E-state index contributed by atoms with van der Waals surface area (Å²) in [5.74, 6) is 1.03. The second-order valence-corrected chi connectivity index (χ2v) is 16.6. The van der Waals surface area contributed by atoms with E-state index in [9.17, 15) is 9.36 Å². The Labute approximate surface area is 259 Å². The van der Waals surface area contributed by atoms with Gasteiger partial charge in [0, 0.05) is 18.7 Å².